The third-order valence-electron chi connectivity index (χ3n) is 4.11. The van der Waals surface area contributed by atoms with E-state index in [1.165, 1.54) is 0 Å². The van der Waals surface area contributed by atoms with Gasteiger partial charge >= 0.3 is 6.03 Å². The Balaban J connectivity index is 1.59. The van der Waals surface area contributed by atoms with E-state index in [4.69, 9.17) is 4.74 Å². The molecule has 0 saturated heterocycles. The number of aromatic nitrogens is 1. The van der Waals surface area contributed by atoms with Gasteiger partial charge in [0.05, 0.1) is 12.2 Å². The molecule has 3 rings (SSSR count). The number of para-hydroxylation sites is 1. The van der Waals surface area contributed by atoms with E-state index in [0.29, 0.717) is 19.2 Å². The highest BCUT2D eigenvalue weighted by molar-refractivity contribution is 7.09. The van der Waals surface area contributed by atoms with Gasteiger partial charge in [0, 0.05) is 17.0 Å². The predicted molar refractivity (Wildman–Crippen MR) is 104 cm³/mol. The summed E-state index contributed by atoms with van der Waals surface area (Å²) in [5, 5.41) is 6.01. The van der Waals surface area contributed by atoms with Crippen LogP contribution in [0.1, 0.15) is 49.9 Å². The largest absolute Gasteiger partial charge is 0.486 e. The topological polar surface area (TPSA) is 54.5 Å². The maximum absolute atomic E-state index is 12.6. The van der Waals surface area contributed by atoms with Gasteiger partial charge in [-0.25, -0.2) is 9.78 Å². The monoisotopic (exact) mass is 373 g/mol. The molecule has 2 amide bonds. The molecule has 1 aromatic heterocycles. The number of urea groups is 1. The van der Waals surface area contributed by atoms with Crippen LogP contribution in [0.4, 0.5) is 4.79 Å². The lowest BCUT2D eigenvalue weighted by atomic mass is 10.1. The summed E-state index contributed by atoms with van der Waals surface area (Å²) in [6.45, 7) is 9.03. The number of rotatable bonds is 6. The number of nitrogens with zero attached hydrogens (tertiary/aromatic N) is 2. The van der Waals surface area contributed by atoms with Crippen molar-refractivity contribution >= 4 is 17.4 Å². The molecule has 0 radical (unpaired) electrons. The number of carbonyl (C=O) groups excluding carboxylic acids is 1. The second-order valence-corrected chi connectivity index (χ2v) is 8.77. The molecule has 0 unspecified atom stereocenters. The van der Waals surface area contributed by atoms with Crippen LogP contribution in [0.2, 0.25) is 0 Å². The minimum absolute atomic E-state index is 0.00860. The summed E-state index contributed by atoms with van der Waals surface area (Å²) in [6, 6.07) is 8.30. The molecule has 1 fully saturated rings. The molecule has 5 nitrogen and oxygen atoms in total. The zero-order valence-electron chi connectivity index (χ0n) is 15.9. The van der Waals surface area contributed by atoms with E-state index in [1.54, 1.807) is 11.3 Å². The van der Waals surface area contributed by atoms with Crippen LogP contribution in [0.15, 0.2) is 29.6 Å². The maximum Gasteiger partial charge on any atom is 0.318 e. The number of hydrogen-bond donors (Lipinski definition) is 1. The third-order valence-corrected chi connectivity index (χ3v) is 4.98. The lowest BCUT2D eigenvalue weighted by Gasteiger charge is -2.28. The smallest absolute Gasteiger partial charge is 0.318 e. The van der Waals surface area contributed by atoms with Gasteiger partial charge in [0.2, 0.25) is 0 Å². The van der Waals surface area contributed by atoms with Gasteiger partial charge in [-0.15, -0.1) is 11.3 Å². The van der Waals surface area contributed by atoms with Gasteiger partial charge in [-0.3, -0.25) is 0 Å². The minimum atomic E-state index is -0.237. The molecular weight excluding hydrogens is 346 g/mol. The molecule has 0 aliphatic heterocycles. The molecule has 6 heteroatoms. The van der Waals surface area contributed by atoms with Crippen molar-refractivity contribution in [2.75, 3.05) is 0 Å². The van der Waals surface area contributed by atoms with Crippen LogP contribution in [0.25, 0.3) is 0 Å². The van der Waals surface area contributed by atoms with Crippen LogP contribution in [0.5, 0.6) is 5.75 Å². The number of aryl methyl sites for hydroxylation is 1. The highest BCUT2D eigenvalue weighted by atomic mass is 32.1. The first-order valence-electron chi connectivity index (χ1n) is 9.02. The standard InChI is InChI=1S/C20H27N3O2S/c1-14-7-5-6-8-17(14)25-12-18-21-15(13-26-18)11-23(16-9-10-16)19(24)22-20(2,3)4/h5-8,13,16H,9-12H2,1-4H3,(H,22,24). The molecule has 140 valence electrons. The Bertz CT molecular complexity index is 762. The Morgan fingerprint density at radius 3 is 2.73 bits per heavy atom. The van der Waals surface area contributed by atoms with Crippen LogP contribution in [0.3, 0.4) is 0 Å². The van der Waals surface area contributed by atoms with Gasteiger partial charge in [0.25, 0.3) is 0 Å². The summed E-state index contributed by atoms with van der Waals surface area (Å²) in [7, 11) is 0. The van der Waals surface area contributed by atoms with Gasteiger partial charge < -0.3 is 15.0 Å². The Kier molecular flexibility index (Phi) is 5.51. The molecule has 1 aromatic carbocycles. The van der Waals surface area contributed by atoms with Crippen LogP contribution >= 0.6 is 11.3 Å². The Hall–Kier alpha value is -2.08. The Morgan fingerprint density at radius 2 is 2.08 bits per heavy atom. The average Bonchev–Trinajstić information content (AvgIpc) is 3.29. The number of hydrogen-bond acceptors (Lipinski definition) is 4. The van der Waals surface area contributed by atoms with Crippen molar-refractivity contribution in [3.8, 4) is 5.75 Å². The van der Waals surface area contributed by atoms with Gasteiger partial charge in [-0.2, -0.15) is 0 Å². The summed E-state index contributed by atoms with van der Waals surface area (Å²) in [6.07, 6.45) is 2.15. The van der Waals surface area contributed by atoms with E-state index in [0.717, 1.165) is 34.9 Å². The zero-order chi connectivity index (χ0) is 18.7. The number of ether oxygens (including phenoxy) is 1. The molecule has 1 heterocycles. The Labute approximate surface area is 159 Å². The second kappa shape index (κ2) is 7.66. The van der Waals surface area contributed by atoms with Crippen molar-refractivity contribution in [3.05, 3.63) is 45.9 Å². The van der Waals surface area contributed by atoms with Crippen LogP contribution in [-0.2, 0) is 13.2 Å². The lowest BCUT2D eigenvalue weighted by Crippen LogP contribution is -2.49. The maximum atomic E-state index is 12.6. The van der Waals surface area contributed by atoms with Crippen molar-refractivity contribution in [1.29, 1.82) is 0 Å². The molecule has 0 bridgehead atoms. The van der Waals surface area contributed by atoms with Gasteiger partial charge in [0.15, 0.2) is 0 Å². The highest BCUT2D eigenvalue weighted by Crippen LogP contribution is 2.29. The number of amides is 2. The number of benzene rings is 1. The summed E-state index contributed by atoms with van der Waals surface area (Å²) in [5.41, 5.74) is 1.80. The number of carbonyl (C=O) groups is 1. The predicted octanol–water partition coefficient (Wildman–Crippen LogP) is 4.50. The van der Waals surface area contributed by atoms with E-state index in [2.05, 4.69) is 10.3 Å². The molecular formula is C20H27N3O2S. The summed E-state index contributed by atoms with van der Waals surface area (Å²) in [4.78, 5) is 19.1. The van der Waals surface area contributed by atoms with E-state index >= 15 is 0 Å². The SMILES string of the molecule is Cc1ccccc1OCc1nc(CN(C(=O)NC(C)(C)C)C2CC2)cs1. The fourth-order valence-electron chi connectivity index (χ4n) is 2.67. The van der Waals surface area contributed by atoms with E-state index in [9.17, 15) is 4.79 Å². The quantitative estimate of drug-likeness (QED) is 0.811. The molecule has 0 spiro atoms. The first-order chi connectivity index (χ1) is 12.3. The van der Waals surface area contributed by atoms with Crippen molar-refractivity contribution in [2.24, 2.45) is 0 Å². The van der Waals surface area contributed by atoms with E-state index in [1.807, 2.05) is 62.2 Å². The number of nitrogens with one attached hydrogen (secondary N) is 1. The number of thiazole rings is 1. The summed E-state index contributed by atoms with van der Waals surface area (Å²) in [5.74, 6) is 0.883. The molecule has 1 aliphatic rings. The molecule has 2 aromatic rings. The van der Waals surface area contributed by atoms with E-state index in [-0.39, 0.29) is 11.6 Å². The molecule has 26 heavy (non-hydrogen) atoms. The zero-order valence-corrected chi connectivity index (χ0v) is 16.7. The summed E-state index contributed by atoms with van der Waals surface area (Å²) < 4.78 is 5.87. The van der Waals surface area contributed by atoms with Gasteiger partial charge in [-0.05, 0) is 52.2 Å². The van der Waals surface area contributed by atoms with Gasteiger partial charge in [-0.1, -0.05) is 18.2 Å². The van der Waals surface area contributed by atoms with E-state index < -0.39 is 0 Å². The van der Waals surface area contributed by atoms with Crippen molar-refractivity contribution in [1.82, 2.24) is 15.2 Å². The average molecular weight is 374 g/mol. The first kappa shape index (κ1) is 18.7. The summed E-state index contributed by atoms with van der Waals surface area (Å²) >= 11 is 1.58. The van der Waals surface area contributed by atoms with Crippen molar-refractivity contribution in [3.63, 3.8) is 0 Å². The molecule has 0 atom stereocenters. The minimum Gasteiger partial charge on any atom is -0.486 e. The van der Waals surface area contributed by atoms with Crippen molar-refractivity contribution in [2.45, 2.75) is 65.3 Å². The normalized spacial score (nSPS) is 14.2. The molecule has 1 N–H and O–H groups in total. The lowest BCUT2D eigenvalue weighted by molar-refractivity contribution is 0.182. The van der Waals surface area contributed by atoms with Crippen LogP contribution in [0, 0.1) is 6.92 Å². The highest BCUT2D eigenvalue weighted by Gasteiger charge is 2.34. The molecule has 1 saturated carbocycles. The van der Waals surface area contributed by atoms with Crippen LogP contribution < -0.4 is 10.1 Å². The fourth-order valence-corrected chi connectivity index (χ4v) is 3.36. The Morgan fingerprint density at radius 1 is 1.35 bits per heavy atom. The van der Waals surface area contributed by atoms with Crippen LogP contribution in [-0.4, -0.2) is 27.5 Å². The first-order valence-corrected chi connectivity index (χ1v) is 9.90. The second-order valence-electron chi connectivity index (χ2n) is 7.83. The third kappa shape index (κ3) is 5.21. The fraction of sp³-hybridized carbons (Fsp3) is 0.500. The van der Waals surface area contributed by atoms with Crippen molar-refractivity contribution < 1.29 is 9.53 Å². The molecule has 1 aliphatic carbocycles. The van der Waals surface area contributed by atoms with Gasteiger partial charge in [0.1, 0.15) is 17.4 Å².